The highest BCUT2D eigenvalue weighted by molar-refractivity contribution is 6.03. The maximum absolute atomic E-state index is 12.4. The minimum atomic E-state index is -0.276. The molecule has 8 heteroatoms. The molecule has 8 nitrogen and oxygen atoms in total. The standard InChI is InChI=1S/C20H18N4O4/c1-26-17-10-14(11-18-20(17)28-9-8-27-18)6-7-19(25)23-15-4-2-3-5-16(15)24-13-21-12-22-24/h2-7,10-13H,8-9H2,1H3,(H,23,25). The quantitative estimate of drug-likeness (QED) is 0.687. The summed E-state index contributed by atoms with van der Waals surface area (Å²) in [6.45, 7) is 0.953. The highest BCUT2D eigenvalue weighted by Gasteiger charge is 2.17. The molecule has 2 aromatic carbocycles. The number of hydrogen-bond acceptors (Lipinski definition) is 6. The van der Waals surface area contributed by atoms with Gasteiger partial charge in [-0.3, -0.25) is 4.79 Å². The fourth-order valence-corrected chi connectivity index (χ4v) is 2.85. The second-order valence-electron chi connectivity index (χ2n) is 5.93. The molecule has 1 aliphatic heterocycles. The van der Waals surface area contributed by atoms with Gasteiger partial charge in [0.2, 0.25) is 11.7 Å². The van der Waals surface area contributed by atoms with E-state index in [1.165, 1.54) is 12.4 Å². The molecule has 0 bridgehead atoms. The molecule has 2 heterocycles. The maximum atomic E-state index is 12.4. The average Bonchev–Trinajstić information content (AvgIpc) is 3.26. The van der Waals surface area contributed by atoms with Crippen LogP contribution in [0.15, 0.2) is 55.1 Å². The lowest BCUT2D eigenvalue weighted by Crippen LogP contribution is -2.16. The monoisotopic (exact) mass is 378 g/mol. The Morgan fingerprint density at radius 3 is 2.93 bits per heavy atom. The summed E-state index contributed by atoms with van der Waals surface area (Å²) in [4.78, 5) is 16.4. The summed E-state index contributed by atoms with van der Waals surface area (Å²) in [5, 5.41) is 6.96. The molecule has 0 saturated carbocycles. The van der Waals surface area contributed by atoms with Crippen LogP contribution in [0.4, 0.5) is 5.69 Å². The molecule has 0 aliphatic carbocycles. The van der Waals surface area contributed by atoms with Gasteiger partial charge in [0.25, 0.3) is 0 Å². The van der Waals surface area contributed by atoms with E-state index in [-0.39, 0.29) is 5.91 Å². The van der Waals surface area contributed by atoms with Gasteiger partial charge in [0, 0.05) is 6.08 Å². The Balaban J connectivity index is 1.53. The van der Waals surface area contributed by atoms with Crippen LogP contribution in [-0.4, -0.2) is 41.0 Å². The number of carbonyl (C=O) groups is 1. The zero-order chi connectivity index (χ0) is 19.3. The number of nitrogens with one attached hydrogen (secondary N) is 1. The average molecular weight is 378 g/mol. The molecule has 1 N–H and O–H groups in total. The number of benzene rings is 2. The fraction of sp³-hybridized carbons (Fsp3) is 0.150. The van der Waals surface area contributed by atoms with E-state index in [4.69, 9.17) is 14.2 Å². The van der Waals surface area contributed by atoms with Crippen molar-refractivity contribution in [3.63, 3.8) is 0 Å². The van der Waals surface area contributed by atoms with Crippen LogP contribution in [0, 0.1) is 0 Å². The number of hydrogen-bond donors (Lipinski definition) is 1. The highest BCUT2D eigenvalue weighted by Crippen LogP contribution is 2.40. The lowest BCUT2D eigenvalue weighted by atomic mass is 10.1. The summed E-state index contributed by atoms with van der Waals surface area (Å²) < 4.78 is 18.1. The van der Waals surface area contributed by atoms with E-state index in [9.17, 15) is 4.79 Å². The van der Waals surface area contributed by atoms with E-state index in [1.807, 2.05) is 24.3 Å². The van der Waals surface area contributed by atoms with Gasteiger partial charge in [-0.05, 0) is 35.9 Å². The minimum absolute atomic E-state index is 0.276. The SMILES string of the molecule is COc1cc(C=CC(=O)Nc2ccccc2-n2cncn2)cc2c1OCCO2. The number of fused-ring (bicyclic) bond motifs is 1. The van der Waals surface area contributed by atoms with Crippen molar-refractivity contribution in [2.24, 2.45) is 0 Å². The summed E-state index contributed by atoms with van der Waals surface area (Å²) in [5.41, 5.74) is 2.12. The van der Waals surface area contributed by atoms with Crippen molar-refractivity contribution in [2.45, 2.75) is 0 Å². The van der Waals surface area contributed by atoms with Crippen LogP contribution < -0.4 is 19.5 Å². The Labute approximate surface area is 161 Å². The molecule has 1 amide bonds. The Morgan fingerprint density at radius 1 is 1.25 bits per heavy atom. The van der Waals surface area contributed by atoms with Crippen LogP contribution in [0.2, 0.25) is 0 Å². The Morgan fingerprint density at radius 2 is 2.11 bits per heavy atom. The third kappa shape index (κ3) is 3.66. The molecule has 0 radical (unpaired) electrons. The molecule has 1 aromatic heterocycles. The first kappa shape index (κ1) is 17.6. The lowest BCUT2D eigenvalue weighted by Gasteiger charge is -2.20. The van der Waals surface area contributed by atoms with E-state index in [2.05, 4.69) is 15.4 Å². The lowest BCUT2D eigenvalue weighted by molar-refractivity contribution is -0.111. The van der Waals surface area contributed by atoms with E-state index in [0.717, 1.165) is 11.3 Å². The summed E-state index contributed by atoms with van der Waals surface area (Å²) >= 11 is 0. The molecule has 0 atom stereocenters. The zero-order valence-corrected chi connectivity index (χ0v) is 15.2. The molecular weight excluding hydrogens is 360 g/mol. The third-order valence-electron chi connectivity index (χ3n) is 4.10. The Hall–Kier alpha value is -3.81. The van der Waals surface area contributed by atoms with Crippen molar-refractivity contribution in [1.82, 2.24) is 14.8 Å². The fourth-order valence-electron chi connectivity index (χ4n) is 2.85. The smallest absolute Gasteiger partial charge is 0.248 e. The molecule has 4 rings (SSSR count). The number of aromatic nitrogens is 3. The van der Waals surface area contributed by atoms with E-state index >= 15 is 0 Å². The number of nitrogens with zero attached hydrogens (tertiary/aromatic N) is 3. The van der Waals surface area contributed by atoms with Crippen LogP contribution in [0.1, 0.15) is 5.56 Å². The first-order chi connectivity index (χ1) is 13.7. The van der Waals surface area contributed by atoms with Gasteiger partial charge in [-0.25, -0.2) is 9.67 Å². The van der Waals surface area contributed by atoms with Crippen LogP contribution in [0.3, 0.4) is 0 Å². The topological polar surface area (TPSA) is 87.5 Å². The third-order valence-corrected chi connectivity index (χ3v) is 4.10. The van der Waals surface area contributed by atoms with Gasteiger partial charge in [-0.2, -0.15) is 5.10 Å². The molecule has 0 fully saturated rings. The predicted molar refractivity (Wildman–Crippen MR) is 103 cm³/mol. The number of methoxy groups -OCH3 is 1. The largest absolute Gasteiger partial charge is 0.493 e. The van der Waals surface area contributed by atoms with Crippen LogP contribution >= 0.6 is 0 Å². The predicted octanol–water partition coefficient (Wildman–Crippen LogP) is 2.70. The minimum Gasteiger partial charge on any atom is -0.493 e. The van der Waals surface area contributed by atoms with Gasteiger partial charge >= 0.3 is 0 Å². The Bertz CT molecular complexity index is 998. The van der Waals surface area contributed by atoms with Gasteiger partial charge in [0.15, 0.2) is 11.5 Å². The van der Waals surface area contributed by atoms with Gasteiger partial charge < -0.3 is 19.5 Å². The zero-order valence-electron chi connectivity index (χ0n) is 15.2. The first-order valence-corrected chi connectivity index (χ1v) is 8.65. The van der Waals surface area contributed by atoms with E-state index < -0.39 is 0 Å². The molecule has 1 aliphatic rings. The first-order valence-electron chi connectivity index (χ1n) is 8.65. The van der Waals surface area contributed by atoms with Crippen LogP contribution in [0.5, 0.6) is 17.2 Å². The Kier molecular flexibility index (Phi) is 4.92. The second kappa shape index (κ2) is 7.83. The summed E-state index contributed by atoms with van der Waals surface area (Å²) in [5.74, 6) is 1.47. The van der Waals surface area contributed by atoms with Gasteiger partial charge in [-0.1, -0.05) is 12.1 Å². The molecule has 0 spiro atoms. The molecular formula is C20H18N4O4. The maximum Gasteiger partial charge on any atom is 0.248 e. The highest BCUT2D eigenvalue weighted by atomic mass is 16.6. The number of para-hydroxylation sites is 2. The number of rotatable bonds is 5. The number of carbonyl (C=O) groups excluding carboxylic acids is 1. The van der Waals surface area contributed by atoms with Crippen molar-refractivity contribution >= 4 is 17.7 Å². The van der Waals surface area contributed by atoms with Crippen LogP contribution in [-0.2, 0) is 4.79 Å². The van der Waals surface area contributed by atoms with Gasteiger partial charge in [0.05, 0.1) is 18.5 Å². The van der Waals surface area contributed by atoms with Crippen molar-refractivity contribution in [3.05, 3.63) is 60.7 Å². The van der Waals surface area contributed by atoms with Crippen molar-refractivity contribution < 1.29 is 19.0 Å². The summed E-state index contributed by atoms with van der Waals surface area (Å²) in [6, 6.07) is 11.0. The molecule has 0 saturated heterocycles. The van der Waals surface area contributed by atoms with Crippen molar-refractivity contribution in [1.29, 1.82) is 0 Å². The van der Waals surface area contributed by atoms with Crippen molar-refractivity contribution in [2.75, 3.05) is 25.6 Å². The molecule has 142 valence electrons. The molecule has 0 unspecified atom stereocenters. The molecule has 28 heavy (non-hydrogen) atoms. The molecule has 3 aromatic rings. The normalized spacial score (nSPS) is 12.8. The van der Waals surface area contributed by atoms with Crippen molar-refractivity contribution in [3.8, 4) is 22.9 Å². The van der Waals surface area contributed by atoms with E-state index in [1.54, 1.807) is 36.3 Å². The second-order valence-corrected chi connectivity index (χ2v) is 5.93. The van der Waals surface area contributed by atoms with Gasteiger partial charge in [-0.15, -0.1) is 0 Å². The summed E-state index contributed by atoms with van der Waals surface area (Å²) in [7, 11) is 1.56. The summed E-state index contributed by atoms with van der Waals surface area (Å²) in [6.07, 6.45) is 6.15. The number of ether oxygens (including phenoxy) is 3. The number of anilines is 1. The van der Waals surface area contributed by atoms with Crippen LogP contribution in [0.25, 0.3) is 11.8 Å². The van der Waals surface area contributed by atoms with Gasteiger partial charge in [0.1, 0.15) is 25.9 Å². The number of amides is 1. The van der Waals surface area contributed by atoms with E-state index in [0.29, 0.717) is 36.1 Å².